The third-order valence-electron chi connectivity index (χ3n) is 3.50. The summed E-state index contributed by atoms with van der Waals surface area (Å²) in [5.74, 6) is 0.360. The van der Waals surface area contributed by atoms with Crippen LogP contribution < -0.4 is 5.32 Å². The number of nitrogens with one attached hydrogen (secondary N) is 1. The van der Waals surface area contributed by atoms with Crippen molar-refractivity contribution < 1.29 is 8.78 Å². The molecule has 17 heavy (non-hydrogen) atoms. The Labute approximate surface area is 101 Å². The van der Waals surface area contributed by atoms with Crippen molar-refractivity contribution in [2.24, 2.45) is 11.8 Å². The third-order valence-corrected chi connectivity index (χ3v) is 3.50. The van der Waals surface area contributed by atoms with E-state index < -0.39 is 11.6 Å². The molecule has 0 amide bonds. The lowest BCUT2D eigenvalue weighted by molar-refractivity contribution is 0.293. The van der Waals surface area contributed by atoms with Crippen molar-refractivity contribution in [3.05, 3.63) is 29.8 Å². The SMILES string of the molecule is CC1CCCC(CNc2cc(F)cc(F)c2)C1. The minimum Gasteiger partial charge on any atom is -0.385 e. The van der Waals surface area contributed by atoms with Gasteiger partial charge in [-0.2, -0.15) is 0 Å². The predicted octanol–water partition coefficient (Wildman–Crippen LogP) is 4.20. The zero-order valence-corrected chi connectivity index (χ0v) is 10.2. The maximum atomic E-state index is 13.0. The average molecular weight is 239 g/mol. The lowest BCUT2D eigenvalue weighted by Crippen LogP contribution is -2.21. The first-order chi connectivity index (χ1) is 8.13. The van der Waals surface area contributed by atoms with Gasteiger partial charge in [-0.05, 0) is 36.8 Å². The van der Waals surface area contributed by atoms with E-state index in [-0.39, 0.29) is 0 Å². The Morgan fingerprint density at radius 2 is 1.88 bits per heavy atom. The number of benzene rings is 1. The topological polar surface area (TPSA) is 12.0 Å². The molecule has 0 heterocycles. The van der Waals surface area contributed by atoms with E-state index in [2.05, 4.69) is 12.2 Å². The van der Waals surface area contributed by atoms with Crippen molar-refractivity contribution in [1.29, 1.82) is 0 Å². The molecule has 0 aliphatic heterocycles. The molecule has 0 radical (unpaired) electrons. The van der Waals surface area contributed by atoms with Crippen LogP contribution in [0, 0.1) is 23.5 Å². The van der Waals surface area contributed by atoms with Crippen molar-refractivity contribution >= 4 is 5.69 Å². The predicted molar refractivity (Wildman–Crippen MR) is 66.0 cm³/mol. The van der Waals surface area contributed by atoms with Crippen molar-refractivity contribution in [3.63, 3.8) is 0 Å². The summed E-state index contributed by atoms with van der Waals surface area (Å²) in [6.07, 6.45) is 5.01. The highest BCUT2D eigenvalue weighted by Gasteiger charge is 2.18. The molecular weight excluding hydrogens is 220 g/mol. The molecule has 1 aromatic rings. The van der Waals surface area contributed by atoms with Crippen molar-refractivity contribution in [1.82, 2.24) is 0 Å². The van der Waals surface area contributed by atoms with Gasteiger partial charge in [0, 0.05) is 18.3 Å². The minimum absolute atomic E-state index is 0.524. The van der Waals surface area contributed by atoms with Crippen LogP contribution in [0.2, 0.25) is 0 Å². The molecule has 1 fully saturated rings. The van der Waals surface area contributed by atoms with Gasteiger partial charge >= 0.3 is 0 Å². The van der Waals surface area contributed by atoms with Gasteiger partial charge in [-0.3, -0.25) is 0 Å². The van der Waals surface area contributed by atoms with Crippen LogP contribution in [0.25, 0.3) is 0 Å². The van der Waals surface area contributed by atoms with Gasteiger partial charge in [0.25, 0.3) is 0 Å². The first-order valence-electron chi connectivity index (χ1n) is 6.33. The van der Waals surface area contributed by atoms with Gasteiger partial charge in [0.2, 0.25) is 0 Å². The number of anilines is 1. The number of hydrogen-bond acceptors (Lipinski definition) is 1. The Bertz CT molecular complexity index is 358. The van der Waals surface area contributed by atoms with Gasteiger partial charge in [0.05, 0.1) is 0 Å². The largest absolute Gasteiger partial charge is 0.385 e. The Balaban J connectivity index is 1.88. The van der Waals surface area contributed by atoms with E-state index >= 15 is 0 Å². The molecule has 1 nitrogen and oxygen atoms in total. The number of halogens is 2. The zero-order chi connectivity index (χ0) is 12.3. The fourth-order valence-corrected chi connectivity index (χ4v) is 2.66. The van der Waals surface area contributed by atoms with Crippen LogP contribution in [0.4, 0.5) is 14.5 Å². The molecule has 1 aliphatic rings. The van der Waals surface area contributed by atoms with Crippen LogP contribution in [0.3, 0.4) is 0 Å². The summed E-state index contributed by atoms with van der Waals surface area (Å²) in [7, 11) is 0. The normalized spacial score (nSPS) is 24.6. The van der Waals surface area contributed by atoms with E-state index in [1.54, 1.807) is 0 Å². The summed E-state index contributed by atoms with van der Waals surface area (Å²) in [4.78, 5) is 0. The number of rotatable bonds is 3. The molecule has 2 atom stereocenters. The lowest BCUT2D eigenvalue weighted by Gasteiger charge is -2.27. The highest BCUT2D eigenvalue weighted by atomic mass is 19.1. The molecule has 94 valence electrons. The van der Waals surface area contributed by atoms with Gasteiger partial charge in [0.1, 0.15) is 11.6 Å². The van der Waals surface area contributed by atoms with Crippen LogP contribution in [0.1, 0.15) is 32.6 Å². The maximum absolute atomic E-state index is 13.0. The van der Waals surface area contributed by atoms with E-state index in [9.17, 15) is 8.78 Å². The van der Waals surface area contributed by atoms with Gasteiger partial charge < -0.3 is 5.32 Å². The molecule has 3 heteroatoms. The van der Waals surface area contributed by atoms with Gasteiger partial charge in [-0.25, -0.2) is 8.78 Å². The Kier molecular flexibility index (Phi) is 3.97. The summed E-state index contributed by atoms with van der Waals surface area (Å²) in [6.45, 7) is 3.08. The second kappa shape index (κ2) is 5.48. The average Bonchev–Trinajstić information content (AvgIpc) is 2.25. The van der Waals surface area contributed by atoms with E-state index in [1.165, 1.54) is 37.8 Å². The zero-order valence-electron chi connectivity index (χ0n) is 10.2. The summed E-state index contributed by atoms with van der Waals surface area (Å²) < 4.78 is 26.0. The van der Waals surface area contributed by atoms with E-state index in [0.29, 0.717) is 11.6 Å². The van der Waals surface area contributed by atoms with Crippen LogP contribution in [0.15, 0.2) is 18.2 Å². The Hall–Kier alpha value is -1.12. The summed E-state index contributed by atoms with van der Waals surface area (Å²) >= 11 is 0. The maximum Gasteiger partial charge on any atom is 0.128 e. The highest BCUT2D eigenvalue weighted by molar-refractivity contribution is 5.43. The van der Waals surface area contributed by atoms with Crippen LogP contribution in [0.5, 0.6) is 0 Å². The summed E-state index contributed by atoms with van der Waals surface area (Å²) in [5.41, 5.74) is 0.542. The second-order valence-electron chi connectivity index (χ2n) is 5.18. The fourth-order valence-electron chi connectivity index (χ4n) is 2.66. The third kappa shape index (κ3) is 3.69. The van der Waals surface area contributed by atoms with Crippen LogP contribution >= 0.6 is 0 Å². The monoisotopic (exact) mass is 239 g/mol. The standard InChI is InChI=1S/C14H19F2N/c1-10-3-2-4-11(5-10)9-17-14-7-12(15)6-13(16)8-14/h6-8,10-11,17H,2-5,9H2,1H3. The van der Waals surface area contributed by atoms with E-state index in [0.717, 1.165) is 18.5 Å². The molecule has 0 aromatic heterocycles. The molecule has 1 saturated carbocycles. The van der Waals surface area contributed by atoms with Crippen molar-refractivity contribution in [2.75, 3.05) is 11.9 Å². The molecule has 1 aromatic carbocycles. The highest BCUT2D eigenvalue weighted by Crippen LogP contribution is 2.28. The minimum atomic E-state index is -0.524. The first-order valence-corrected chi connectivity index (χ1v) is 6.33. The van der Waals surface area contributed by atoms with Gasteiger partial charge in [0.15, 0.2) is 0 Å². The van der Waals surface area contributed by atoms with Crippen LogP contribution in [-0.4, -0.2) is 6.54 Å². The molecule has 1 aliphatic carbocycles. The Morgan fingerprint density at radius 3 is 2.53 bits per heavy atom. The molecule has 2 unspecified atom stereocenters. The molecule has 1 N–H and O–H groups in total. The summed E-state index contributed by atoms with van der Waals surface area (Å²) in [6, 6.07) is 3.58. The van der Waals surface area contributed by atoms with E-state index in [4.69, 9.17) is 0 Å². The fraction of sp³-hybridized carbons (Fsp3) is 0.571. The Morgan fingerprint density at radius 1 is 1.18 bits per heavy atom. The molecule has 0 spiro atoms. The summed E-state index contributed by atoms with van der Waals surface area (Å²) in [5, 5.41) is 3.14. The van der Waals surface area contributed by atoms with Crippen molar-refractivity contribution in [3.8, 4) is 0 Å². The van der Waals surface area contributed by atoms with Crippen LogP contribution in [-0.2, 0) is 0 Å². The molecular formula is C14H19F2N. The second-order valence-corrected chi connectivity index (χ2v) is 5.18. The molecule has 2 rings (SSSR count). The van der Waals surface area contributed by atoms with Gasteiger partial charge in [-0.15, -0.1) is 0 Å². The van der Waals surface area contributed by atoms with E-state index in [1.807, 2.05) is 0 Å². The first kappa shape index (κ1) is 12.3. The van der Waals surface area contributed by atoms with Crippen molar-refractivity contribution in [2.45, 2.75) is 32.6 Å². The lowest BCUT2D eigenvalue weighted by atomic mass is 9.82. The molecule has 0 saturated heterocycles. The quantitative estimate of drug-likeness (QED) is 0.833. The smallest absolute Gasteiger partial charge is 0.128 e. The number of hydrogen-bond donors (Lipinski definition) is 1. The molecule has 0 bridgehead atoms. The van der Waals surface area contributed by atoms with Gasteiger partial charge in [-0.1, -0.05) is 19.8 Å².